The third kappa shape index (κ3) is 2.86. The van der Waals surface area contributed by atoms with Crippen molar-refractivity contribution in [3.8, 4) is 0 Å². The van der Waals surface area contributed by atoms with Crippen molar-refractivity contribution in [2.24, 2.45) is 11.3 Å². The van der Waals surface area contributed by atoms with Gasteiger partial charge in [0, 0.05) is 12.6 Å². The second kappa shape index (κ2) is 4.94. The largest absolute Gasteiger partial charge is 0.310 e. The van der Waals surface area contributed by atoms with E-state index < -0.39 is 0 Å². The van der Waals surface area contributed by atoms with E-state index in [9.17, 15) is 0 Å². The molecule has 0 bridgehead atoms. The minimum atomic E-state index is 0.484. The minimum Gasteiger partial charge on any atom is -0.310 e. The fourth-order valence-corrected chi connectivity index (χ4v) is 3.23. The SMILES string of the molecule is CC(C)c1ccc(C(C)NCC2(C3CC3)CC2)cc1. The van der Waals surface area contributed by atoms with Crippen LogP contribution in [0.2, 0.25) is 0 Å². The second-order valence-corrected chi connectivity index (χ2v) is 7.06. The molecule has 0 aromatic heterocycles. The normalized spacial score (nSPS) is 22.5. The fraction of sp³-hybridized carbons (Fsp3) is 0.667. The third-order valence-electron chi connectivity index (χ3n) is 5.20. The topological polar surface area (TPSA) is 12.0 Å². The molecule has 1 heteroatoms. The highest BCUT2D eigenvalue weighted by atomic mass is 14.9. The van der Waals surface area contributed by atoms with Crippen LogP contribution >= 0.6 is 0 Å². The van der Waals surface area contributed by atoms with Gasteiger partial charge in [-0.15, -0.1) is 0 Å². The van der Waals surface area contributed by atoms with Crippen molar-refractivity contribution in [2.75, 3.05) is 6.54 Å². The van der Waals surface area contributed by atoms with Crippen LogP contribution in [0.4, 0.5) is 0 Å². The standard InChI is InChI=1S/C18H27N/c1-13(2)15-4-6-16(7-5-15)14(3)19-12-18(10-11-18)17-8-9-17/h4-7,13-14,17,19H,8-12H2,1-3H3. The number of rotatable bonds is 6. The molecule has 2 aliphatic rings. The summed E-state index contributed by atoms with van der Waals surface area (Å²) in [5.74, 6) is 1.68. The molecule has 1 aromatic rings. The first-order valence-corrected chi connectivity index (χ1v) is 7.94. The van der Waals surface area contributed by atoms with Gasteiger partial charge in [0.15, 0.2) is 0 Å². The molecule has 0 spiro atoms. The Hall–Kier alpha value is -0.820. The van der Waals surface area contributed by atoms with Crippen LogP contribution in [0.25, 0.3) is 0 Å². The van der Waals surface area contributed by atoms with E-state index in [1.807, 2.05) is 0 Å². The average molecular weight is 257 g/mol. The molecule has 1 aromatic carbocycles. The van der Waals surface area contributed by atoms with E-state index in [2.05, 4.69) is 50.4 Å². The van der Waals surface area contributed by atoms with Crippen LogP contribution in [0.3, 0.4) is 0 Å². The molecule has 1 unspecified atom stereocenters. The van der Waals surface area contributed by atoms with E-state index in [0.29, 0.717) is 17.4 Å². The molecule has 1 atom stereocenters. The molecule has 0 saturated heterocycles. The molecule has 104 valence electrons. The van der Waals surface area contributed by atoms with E-state index in [0.717, 1.165) is 5.92 Å². The van der Waals surface area contributed by atoms with Crippen molar-refractivity contribution in [3.63, 3.8) is 0 Å². The Bertz CT molecular complexity index is 424. The first-order valence-electron chi connectivity index (χ1n) is 7.94. The van der Waals surface area contributed by atoms with Crippen LogP contribution < -0.4 is 5.32 Å². The highest BCUT2D eigenvalue weighted by molar-refractivity contribution is 5.26. The molecule has 3 rings (SSSR count). The number of hydrogen-bond acceptors (Lipinski definition) is 1. The van der Waals surface area contributed by atoms with E-state index in [4.69, 9.17) is 0 Å². The van der Waals surface area contributed by atoms with Gasteiger partial charge >= 0.3 is 0 Å². The lowest BCUT2D eigenvalue weighted by Gasteiger charge is -2.20. The van der Waals surface area contributed by atoms with Gasteiger partial charge in [-0.2, -0.15) is 0 Å². The van der Waals surface area contributed by atoms with Crippen LogP contribution in [0, 0.1) is 11.3 Å². The van der Waals surface area contributed by atoms with Gasteiger partial charge in [-0.25, -0.2) is 0 Å². The molecular weight excluding hydrogens is 230 g/mol. The monoisotopic (exact) mass is 257 g/mol. The van der Waals surface area contributed by atoms with Crippen molar-refractivity contribution in [1.82, 2.24) is 5.32 Å². The molecule has 2 fully saturated rings. The number of benzene rings is 1. The van der Waals surface area contributed by atoms with Crippen molar-refractivity contribution < 1.29 is 0 Å². The maximum absolute atomic E-state index is 3.77. The van der Waals surface area contributed by atoms with Gasteiger partial charge in [-0.05, 0) is 61.0 Å². The predicted molar refractivity (Wildman–Crippen MR) is 81.3 cm³/mol. The van der Waals surface area contributed by atoms with E-state index >= 15 is 0 Å². The lowest BCUT2D eigenvalue weighted by atomic mass is 9.98. The quantitative estimate of drug-likeness (QED) is 0.782. The molecule has 2 saturated carbocycles. The van der Waals surface area contributed by atoms with Gasteiger partial charge < -0.3 is 5.32 Å². The summed E-state index contributed by atoms with van der Waals surface area (Å²) in [6.45, 7) is 8.03. The Morgan fingerprint density at radius 2 is 1.63 bits per heavy atom. The highest BCUT2D eigenvalue weighted by Gasteiger charge is 2.53. The molecule has 1 nitrogen and oxygen atoms in total. The Kier molecular flexibility index (Phi) is 3.42. The smallest absolute Gasteiger partial charge is 0.0292 e. The highest BCUT2D eigenvalue weighted by Crippen LogP contribution is 2.60. The molecule has 0 amide bonds. The van der Waals surface area contributed by atoms with Crippen molar-refractivity contribution in [1.29, 1.82) is 0 Å². The summed E-state index contributed by atoms with van der Waals surface area (Å²) in [5, 5.41) is 3.77. The Labute approximate surface area is 117 Å². The number of nitrogens with one attached hydrogen (secondary N) is 1. The lowest BCUT2D eigenvalue weighted by molar-refractivity contribution is 0.382. The van der Waals surface area contributed by atoms with Gasteiger partial charge in [0.25, 0.3) is 0 Å². The van der Waals surface area contributed by atoms with Gasteiger partial charge in [-0.3, -0.25) is 0 Å². The zero-order valence-electron chi connectivity index (χ0n) is 12.6. The fourth-order valence-electron chi connectivity index (χ4n) is 3.23. The summed E-state index contributed by atoms with van der Waals surface area (Å²) in [5.41, 5.74) is 3.56. The average Bonchev–Trinajstić information content (AvgIpc) is 3.28. The van der Waals surface area contributed by atoms with E-state index in [-0.39, 0.29) is 0 Å². The lowest BCUT2D eigenvalue weighted by Crippen LogP contribution is -2.28. The minimum absolute atomic E-state index is 0.484. The van der Waals surface area contributed by atoms with Crippen LogP contribution in [-0.4, -0.2) is 6.54 Å². The summed E-state index contributed by atoms with van der Waals surface area (Å²) in [7, 11) is 0. The zero-order valence-corrected chi connectivity index (χ0v) is 12.6. The Balaban J connectivity index is 1.56. The van der Waals surface area contributed by atoms with Crippen LogP contribution in [0.1, 0.15) is 69.5 Å². The Morgan fingerprint density at radius 3 is 2.11 bits per heavy atom. The zero-order chi connectivity index (χ0) is 13.5. The van der Waals surface area contributed by atoms with Gasteiger partial charge in [-0.1, -0.05) is 38.1 Å². The molecule has 0 radical (unpaired) electrons. The molecule has 19 heavy (non-hydrogen) atoms. The summed E-state index contributed by atoms with van der Waals surface area (Å²) in [6, 6.07) is 9.64. The van der Waals surface area contributed by atoms with Crippen molar-refractivity contribution in [3.05, 3.63) is 35.4 Å². The van der Waals surface area contributed by atoms with Gasteiger partial charge in [0.05, 0.1) is 0 Å². The summed E-state index contributed by atoms with van der Waals surface area (Å²) >= 11 is 0. The summed E-state index contributed by atoms with van der Waals surface area (Å²) in [6.07, 6.45) is 5.89. The van der Waals surface area contributed by atoms with Crippen LogP contribution in [-0.2, 0) is 0 Å². The van der Waals surface area contributed by atoms with Gasteiger partial charge in [0.1, 0.15) is 0 Å². The Morgan fingerprint density at radius 1 is 1.05 bits per heavy atom. The number of hydrogen-bond donors (Lipinski definition) is 1. The maximum Gasteiger partial charge on any atom is 0.0292 e. The molecular formula is C18H27N. The van der Waals surface area contributed by atoms with Gasteiger partial charge in [0.2, 0.25) is 0 Å². The molecule has 0 heterocycles. The predicted octanol–water partition coefficient (Wildman–Crippen LogP) is 4.65. The summed E-state index contributed by atoms with van der Waals surface area (Å²) < 4.78 is 0. The van der Waals surface area contributed by atoms with E-state index in [1.54, 1.807) is 0 Å². The third-order valence-corrected chi connectivity index (χ3v) is 5.20. The molecule has 1 N–H and O–H groups in total. The second-order valence-electron chi connectivity index (χ2n) is 7.06. The van der Waals surface area contributed by atoms with Crippen molar-refractivity contribution >= 4 is 0 Å². The van der Waals surface area contributed by atoms with Crippen molar-refractivity contribution in [2.45, 2.75) is 58.4 Å². The van der Waals surface area contributed by atoms with Crippen LogP contribution in [0.5, 0.6) is 0 Å². The molecule has 2 aliphatic carbocycles. The van der Waals surface area contributed by atoms with Crippen LogP contribution in [0.15, 0.2) is 24.3 Å². The first kappa shape index (κ1) is 13.2. The van der Waals surface area contributed by atoms with E-state index in [1.165, 1.54) is 43.4 Å². The first-order chi connectivity index (χ1) is 9.11. The maximum atomic E-state index is 3.77. The molecule has 0 aliphatic heterocycles. The summed E-state index contributed by atoms with van der Waals surface area (Å²) in [4.78, 5) is 0.